The van der Waals surface area contributed by atoms with Gasteiger partial charge in [-0.05, 0) is 53.0 Å². The first-order valence-electron chi connectivity index (χ1n) is 8.17. The molecular formula is C16H30N4O. The quantitative estimate of drug-likeness (QED) is 0.880. The van der Waals surface area contributed by atoms with Crippen LogP contribution in [0.2, 0.25) is 0 Å². The van der Waals surface area contributed by atoms with E-state index < -0.39 is 0 Å². The van der Waals surface area contributed by atoms with E-state index in [0.29, 0.717) is 6.42 Å². The van der Waals surface area contributed by atoms with Crippen LogP contribution in [-0.2, 0) is 19.4 Å². The summed E-state index contributed by atoms with van der Waals surface area (Å²) < 4.78 is 2.03. The normalized spacial score (nSPS) is 23.2. The molecule has 2 atom stereocenters. The third kappa shape index (κ3) is 4.05. The Hall–Kier alpha value is -0.910. The second kappa shape index (κ2) is 7.38. The topological polar surface area (TPSA) is 44.5 Å². The number of hydrogen-bond donors (Lipinski definition) is 1. The highest BCUT2D eigenvalue weighted by Crippen LogP contribution is 2.15. The first kappa shape index (κ1) is 16.5. The molecule has 21 heavy (non-hydrogen) atoms. The van der Waals surface area contributed by atoms with E-state index >= 15 is 0 Å². The molecule has 1 aromatic heterocycles. The number of aromatic nitrogens is 2. The third-order valence-electron chi connectivity index (χ3n) is 4.55. The number of rotatable bonds is 5. The van der Waals surface area contributed by atoms with Gasteiger partial charge in [0.05, 0.1) is 11.8 Å². The third-order valence-corrected chi connectivity index (χ3v) is 4.55. The fourth-order valence-corrected chi connectivity index (χ4v) is 3.20. The maximum atomic E-state index is 10.7. The van der Waals surface area contributed by atoms with Crippen molar-refractivity contribution in [3.05, 3.63) is 17.5 Å². The molecule has 1 aliphatic heterocycles. The van der Waals surface area contributed by atoms with Crippen molar-refractivity contribution in [3.63, 3.8) is 0 Å². The van der Waals surface area contributed by atoms with Crippen LogP contribution < -0.4 is 0 Å². The predicted octanol–water partition coefficient (Wildman–Crippen LogP) is 1.00. The van der Waals surface area contributed by atoms with Gasteiger partial charge in [-0.1, -0.05) is 6.92 Å². The Morgan fingerprint density at radius 2 is 2.10 bits per heavy atom. The Balaban J connectivity index is 2.08. The van der Waals surface area contributed by atoms with Crippen molar-refractivity contribution in [2.45, 2.75) is 51.8 Å². The fraction of sp³-hybridized carbons (Fsp3) is 0.812. The lowest BCUT2D eigenvalue weighted by Crippen LogP contribution is -2.47. The highest BCUT2D eigenvalue weighted by atomic mass is 16.3. The summed E-state index contributed by atoms with van der Waals surface area (Å²) in [5, 5.41) is 15.3. The molecule has 1 aromatic rings. The SMILES string of the molecule is CCc1cc(CC(O)C2CN(C)CCCN2C)n(CC)n1. The van der Waals surface area contributed by atoms with Crippen molar-refractivity contribution in [2.24, 2.45) is 0 Å². The second-order valence-corrected chi connectivity index (χ2v) is 6.23. The second-order valence-electron chi connectivity index (χ2n) is 6.23. The Labute approximate surface area is 128 Å². The molecule has 2 unspecified atom stereocenters. The van der Waals surface area contributed by atoms with E-state index in [2.05, 4.69) is 48.9 Å². The highest BCUT2D eigenvalue weighted by molar-refractivity contribution is 5.12. The molecule has 0 bridgehead atoms. The van der Waals surface area contributed by atoms with Crippen molar-refractivity contribution >= 4 is 0 Å². The molecule has 1 saturated heterocycles. The molecule has 1 fully saturated rings. The van der Waals surface area contributed by atoms with Gasteiger partial charge in [0.2, 0.25) is 0 Å². The average molecular weight is 294 g/mol. The van der Waals surface area contributed by atoms with E-state index in [4.69, 9.17) is 0 Å². The molecule has 0 saturated carbocycles. The van der Waals surface area contributed by atoms with Crippen LogP contribution in [0.3, 0.4) is 0 Å². The lowest BCUT2D eigenvalue weighted by Gasteiger charge is -2.31. The van der Waals surface area contributed by atoms with Gasteiger partial charge in [0, 0.05) is 31.2 Å². The summed E-state index contributed by atoms with van der Waals surface area (Å²) >= 11 is 0. The molecule has 120 valence electrons. The molecule has 2 heterocycles. The van der Waals surface area contributed by atoms with Gasteiger partial charge in [-0.15, -0.1) is 0 Å². The van der Waals surface area contributed by atoms with Crippen molar-refractivity contribution < 1.29 is 5.11 Å². The Bertz CT molecular complexity index is 445. The van der Waals surface area contributed by atoms with E-state index in [-0.39, 0.29) is 12.1 Å². The molecular weight excluding hydrogens is 264 g/mol. The van der Waals surface area contributed by atoms with Crippen molar-refractivity contribution in [2.75, 3.05) is 33.7 Å². The minimum absolute atomic E-state index is 0.197. The lowest BCUT2D eigenvalue weighted by molar-refractivity contribution is 0.0567. The van der Waals surface area contributed by atoms with Crippen molar-refractivity contribution in [1.82, 2.24) is 19.6 Å². The van der Waals surface area contributed by atoms with Crippen LogP contribution in [0, 0.1) is 0 Å². The largest absolute Gasteiger partial charge is 0.391 e. The first-order valence-corrected chi connectivity index (χ1v) is 8.17. The molecule has 0 spiro atoms. The van der Waals surface area contributed by atoms with Crippen LogP contribution >= 0.6 is 0 Å². The molecule has 5 nitrogen and oxygen atoms in total. The monoisotopic (exact) mass is 294 g/mol. The van der Waals surface area contributed by atoms with E-state index in [9.17, 15) is 5.11 Å². The molecule has 5 heteroatoms. The number of hydrogen-bond acceptors (Lipinski definition) is 4. The van der Waals surface area contributed by atoms with Gasteiger partial charge in [-0.3, -0.25) is 9.58 Å². The molecule has 1 aliphatic rings. The van der Waals surface area contributed by atoms with Gasteiger partial charge in [-0.2, -0.15) is 5.10 Å². The van der Waals surface area contributed by atoms with Gasteiger partial charge < -0.3 is 10.0 Å². The number of aliphatic hydroxyl groups is 1. The number of aliphatic hydroxyl groups excluding tert-OH is 1. The van der Waals surface area contributed by atoms with Crippen LogP contribution in [0.15, 0.2) is 6.07 Å². The average Bonchev–Trinajstić information content (AvgIpc) is 2.77. The standard InChI is InChI=1S/C16H30N4O/c1-5-13-10-14(20(6-2)17-13)11-16(21)15-12-18(3)8-7-9-19(15)4/h10,15-16,21H,5-9,11-12H2,1-4H3. The maximum absolute atomic E-state index is 10.7. The number of likely N-dealkylation sites (N-methyl/N-ethyl adjacent to an activating group) is 2. The van der Waals surface area contributed by atoms with E-state index in [1.54, 1.807) is 0 Å². The summed E-state index contributed by atoms with van der Waals surface area (Å²) in [6.07, 6.45) is 2.46. The van der Waals surface area contributed by atoms with Gasteiger partial charge in [0.1, 0.15) is 0 Å². The van der Waals surface area contributed by atoms with Gasteiger partial charge >= 0.3 is 0 Å². The summed E-state index contributed by atoms with van der Waals surface area (Å²) in [5.74, 6) is 0. The Kier molecular flexibility index (Phi) is 5.79. The number of aryl methyl sites for hydroxylation is 2. The lowest BCUT2D eigenvalue weighted by atomic mass is 10.0. The van der Waals surface area contributed by atoms with Gasteiger partial charge in [0.25, 0.3) is 0 Å². The van der Waals surface area contributed by atoms with Crippen molar-refractivity contribution in [3.8, 4) is 0 Å². The fourth-order valence-electron chi connectivity index (χ4n) is 3.20. The highest BCUT2D eigenvalue weighted by Gasteiger charge is 2.28. The molecule has 0 aromatic carbocycles. The number of nitrogens with zero attached hydrogens (tertiary/aromatic N) is 4. The van der Waals surface area contributed by atoms with E-state index in [1.807, 2.05) is 4.68 Å². The minimum atomic E-state index is -0.345. The molecule has 0 aliphatic carbocycles. The van der Waals surface area contributed by atoms with Gasteiger partial charge in [0.15, 0.2) is 0 Å². The summed E-state index contributed by atoms with van der Waals surface area (Å²) in [6.45, 7) is 8.19. The van der Waals surface area contributed by atoms with Crippen LogP contribution in [0.5, 0.6) is 0 Å². The predicted molar refractivity (Wildman–Crippen MR) is 85.5 cm³/mol. The Morgan fingerprint density at radius 3 is 2.76 bits per heavy atom. The summed E-state index contributed by atoms with van der Waals surface area (Å²) in [5.41, 5.74) is 2.27. The van der Waals surface area contributed by atoms with Crippen LogP contribution in [0.25, 0.3) is 0 Å². The molecule has 2 rings (SSSR count). The van der Waals surface area contributed by atoms with Crippen LogP contribution in [-0.4, -0.2) is 70.6 Å². The van der Waals surface area contributed by atoms with E-state index in [1.165, 1.54) is 6.42 Å². The summed E-state index contributed by atoms with van der Waals surface area (Å²) in [4.78, 5) is 4.63. The zero-order valence-electron chi connectivity index (χ0n) is 13.9. The first-order chi connectivity index (χ1) is 10.0. The maximum Gasteiger partial charge on any atom is 0.0762 e. The molecule has 0 radical (unpaired) electrons. The summed E-state index contributed by atoms with van der Waals surface area (Å²) in [7, 11) is 4.27. The smallest absolute Gasteiger partial charge is 0.0762 e. The van der Waals surface area contributed by atoms with Crippen LogP contribution in [0.4, 0.5) is 0 Å². The molecule has 1 N–H and O–H groups in total. The minimum Gasteiger partial charge on any atom is -0.391 e. The Morgan fingerprint density at radius 1 is 1.33 bits per heavy atom. The zero-order valence-corrected chi connectivity index (χ0v) is 13.9. The molecule has 0 amide bonds. The zero-order chi connectivity index (χ0) is 15.4. The van der Waals surface area contributed by atoms with Gasteiger partial charge in [-0.25, -0.2) is 0 Å². The van der Waals surface area contributed by atoms with E-state index in [0.717, 1.165) is 44.0 Å². The van der Waals surface area contributed by atoms with Crippen LogP contribution in [0.1, 0.15) is 31.7 Å². The van der Waals surface area contributed by atoms with Crippen molar-refractivity contribution in [1.29, 1.82) is 0 Å². The summed E-state index contributed by atoms with van der Waals surface area (Å²) in [6, 6.07) is 2.34.